The molecule has 0 radical (unpaired) electrons. The Hall–Kier alpha value is -2.12. The third-order valence-corrected chi connectivity index (χ3v) is 3.67. The summed E-state index contributed by atoms with van der Waals surface area (Å²) in [6.07, 6.45) is -0.872. The van der Waals surface area contributed by atoms with Gasteiger partial charge in [0.15, 0.2) is 6.10 Å². The monoisotopic (exact) mass is 306 g/mol. The minimum absolute atomic E-state index is 0.185. The molecule has 1 aromatic rings. The number of nitrogens with one attached hydrogen (secondary N) is 1. The van der Waals surface area contributed by atoms with Crippen molar-refractivity contribution in [2.24, 2.45) is 5.84 Å². The van der Waals surface area contributed by atoms with Crippen LogP contribution in [0.2, 0.25) is 0 Å². The molecule has 1 fully saturated rings. The highest BCUT2D eigenvalue weighted by molar-refractivity contribution is 5.83. The second kappa shape index (κ2) is 7.77. The van der Waals surface area contributed by atoms with Gasteiger partial charge in [-0.3, -0.25) is 19.9 Å². The number of nitrogens with two attached hydrogens (primary N) is 1. The average molecular weight is 306 g/mol. The van der Waals surface area contributed by atoms with E-state index in [1.54, 1.807) is 0 Å². The van der Waals surface area contributed by atoms with E-state index >= 15 is 0 Å². The normalized spacial score (nSPS) is 16.9. The zero-order valence-corrected chi connectivity index (χ0v) is 12.7. The lowest BCUT2D eigenvalue weighted by molar-refractivity contribution is -0.155. The number of anilines is 1. The molecule has 0 unspecified atom stereocenters. The summed E-state index contributed by atoms with van der Waals surface area (Å²) in [6.45, 7) is 4.95. The summed E-state index contributed by atoms with van der Waals surface area (Å²) in [7, 11) is 0. The van der Waals surface area contributed by atoms with Crippen LogP contribution >= 0.6 is 0 Å². The molecule has 0 aromatic heterocycles. The van der Waals surface area contributed by atoms with E-state index in [0.717, 1.165) is 26.2 Å². The zero-order valence-electron chi connectivity index (χ0n) is 12.7. The smallest absolute Gasteiger partial charge is 0.320 e. The predicted octanol–water partition coefficient (Wildman–Crippen LogP) is -0.270. The fourth-order valence-corrected chi connectivity index (χ4v) is 2.39. The molecule has 2 rings (SSSR count). The quantitative estimate of drug-likeness (QED) is 0.337. The Morgan fingerprint density at radius 1 is 1.23 bits per heavy atom. The van der Waals surface area contributed by atoms with Crippen LogP contribution in [-0.2, 0) is 14.3 Å². The zero-order chi connectivity index (χ0) is 15.9. The molecule has 1 heterocycles. The van der Waals surface area contributed by atoms with Gasteiger partial charge in [-0.15, -0.1) is 0 Å². The highest BCUT2D eigenvalue weighted by atomic mass is 16.5. The Balaban J connectivity index is 1.75. The minimum Gasteiger partial charge on any atom is -0.452 e. The third kappa shape index (κ3) is 4.44. The van der Waals surface area contributed by atoms with Crippen molar-refractivity contribution in [1.82, 2.24) is 10.3 Å². The van der Waals surface area contributed by atoms with Gasteiger partial charge in [-0.05, 0) is 19.1 Å². The molecule has 1 saturated heterocycles. The van der Waals surface area contributed by atoms with Gasteiger partial charge in [-0.2, -0.15) is 0 Å². The number of benzene rings is 1. The van der Waals surface area contributed by atoms with Crippen LogP contribution in [0.5, 0.6) is 0 Å². The Kier molecular flexibility index (Phi) is 5.74. The second-order valence-corrected chi connectivity index (χ2v) is 5.24. The number of hydrogen-bond donors (Lipinski definition) is 2. The van der Waals surface area contributed by atoms with Crippen molar-refractivity contribution < 1.29 is 14.3 Å². The van der Waals surface area contributed by atoms with E-state index in [1.165, 1.54) is 12.6 Å². The van der Waals surface area contributed by atoms with Crippen LogP contribution in [0, 0.1) is 0 Å². The van der Waals surface area contributed by atoms with Gasteiger partial charge in [0, 0.05) is 31.9 Å². The maximum atomic E-state index is 11.8. The number of esters is 1. The first-order chi connectivity index (χ1) is 10.6. The van der Waals surface area contributed by atoms with E-state index in [-0.39, 0.29) is 6.54 Å². The van der Waals surface area contributed by atoms with Gasteiger partial charge in [0.05, 0.1) is 6.54 Å². The molecule has 7 nitrogen and oxygen atoms in total. The van der Waals surface area contributed by atoms with Crippen molar-refractivity contribution in [2.45, 2.75) is 13.0 Å². The van der Waals surface area contributed by atoms with Crippen molar-refractivity contribution in [3.05, 3.63) is 30.3 Å². The fraction of sp³-hybridized carbons (Fsp3) is 0.467. The number of carbonyl (C=O) groups excluding carboxylic acids is 2. The van der Waals surface area contributed by atoms with Crippen LogP contribution in [0.3, 0.4) is 0 Å². The Morgan fingerprint density at radius 3 is 2.45 bits per heavy atom. The molecule has 0 bridgehead atoms. The number of hydrogen-bond acceptors (Lipinski definition) is 6. The van der Waals surface area contributed by atoms with Crippen LogP contribution in [-0.4, -0.2) is 55.6 Å². The summed E-state index contributed by atoms with van der Waals surface area (Å²) in [5.74, 6) is 4.07. The number of carbonyl (C=O) groups is 2. The second-order valence-electron chi connectivity index (χ2n) is 5.24. The molecule has 1 amide bonds. The number of rotatable bonds is 5. The molecular weight excluding hydrogens is 284 g/mol. The van der Waals surface area contributed by atoms with Crippen LogP contribution in [0.15, 0.2) is 30.3 Å². The van der Waals surface area contributed by atoms with Gasteiger partial charge in [-0.1, -0.05) is 18.2 Å². The molecule has 120 valence electrons. The Morgan fingerprint density at radius 2 is 1.86 bits per heavy atom. The van der Waals surface area contributed by atoms with Crippen molar-refractivity contribution in [3.8, 4) is 0 Å². The molecule has 3 N–H and O–H groups in total. The standard InChI is InChI=1S/C15H22N4O3/c1-12(15(21)17-16)22-14(20)11-18-7-9-19(10-8-18)13-5-3-2-4-6-13/h2-6,12H,7-11,16H2,1H3,(H,17,21)/t12-/m0/s1. The first kappa shape index (κ1) is 16.3. The number of nitrogens with zero attached hydrogens (tertiary/aromatic N) is 2. The van der Waals surface area contributed by atoms with Crippen LogP contribution < -0.4 is 16.2 Å². The Bertz CT molecular complexity index is 501. The molecule has 1 aliphatic heterocycles. The van der Waals surface area contributed by atoms with Gasteiger partial charge < -0.3 is 9.64 Å². The van der Waals surface area contributed by atoms with Crippen LogP contribution in [0.4, 0.5) is 5.69 Å². The number of ether oxygens (including phenoxy) is 1. The molecular formula is C15H22N4O3. The highest BCUT2D eigenvalue weighted by Crippen LogP contribution is 2.15. The lowest BCUT2D eigenvalue weighted by atomic mass is 10.2. The maximum absolute atomic E-state index is 11.8. The third-order valence-electron chi connectivity index (χ3n) is 3.67. The summed E-state index contributed by atoms with van der Waals surface area (Å²) in [5.41, 5.74) is 3.15. The SMILES string of the molecule is C[C@H](OC(=O)CN1CCN(c2ccccc2)CC1)C(=O)NN. The lowest BCUT2D eigenvalue weighted by Gasteiger charge is -2.35. The summed E-state index contributed by atoms with van der Waals surface area (Å²) >= 11 is 0. The topological polar surface area (TPSA) is 87.9 Å². The van der Waals surface area contributed by atoms with Crippen molar-refractivity contribution in [2.75, 3.05) is 37.6 Å². The number of para-hydroxylation sites is 1. The van der Waals surface area contributed by atoms with Crippen LogP contribution in [0.1, 0.15) is 6.92 Å². The molecule has 1 atom stereocenters. The van der Waals surface area contributed by atoms with E-state index in [2.05, 4.69) is 17.0 Å². The van der Waals surface area contributed by atoms with Gasteiger partial charge in [-0.25, -0.2) is 5.84 Å². The van der Waals surface area contributed by atoms with Gasteiger partial charge in [0.2, 0.25) is 0 Å². The molecule has 0 saturated carbocycles. The van der Waals surface area contributed by atoms with Gasteiger partial charge in [0.1, 0.15) is 0 Å². The summed E-state index contributed by atoms with van der Waals surface area (Å²) in [4.78, 5) is 27.3. The Labute approximate surface area is 130 Å². The lowest BCUT2D eigenvalue weighted by Crippen LogP contribution is -2.49. The van der Waals surface area contributed by atoms with E-state index < -0.39 is 18.0 Å². The summed E-state index contributed by atoms with van der Waals surface area (Å²) in [5, 5.41) is 0. The minimum atomic E-state index is -0.872. The van der Waals surface area contributed by atoms with E-state index in [9.17, 15) is 9.59 Å². The van der Waals surface area contributed by atoms with E-state index in [4.69, 9.17) is 10.6 Å². The number of amides is 1. The van der Waals surface area contributed by atoms with Crippen molar-refractivity contribution in [3.63, 3.8) is 0 Å². The van der Waals surface area contributed by atoms with Gasteiger partial charge >= 0.3 is 5.97 Å². The highest BCUT2D eigenvalue weighted by Gasteiger charge is 2.22. The summed E-state index contributed by atoms with van der Waals surface area (Å²) < 4.78 is 5.03. The molecule has 22 heavy (non-hydrogen) atoms. The fourth-order valence-electron chi connectivity index (χ4n) is 2.39. The van der Waals surface area contributed by atoms with E-state index in [0.29, 0.717) is 0 Å². The van der Waals surface area contributed by atoms with Crippen molar-refractivity contribution in [1.29, 1.82) is 0 Å². The number of piperazine rings is 1. The molecule has 0 aliphatic carbocycles. The molecule has 7 heteroatoms. The molecule has 1 aliphatic rings. The largest absolute Gasteiger partial charge is 0.452 e. The predicted molar refractivity (Wildman–Crippen MR) is 83.0 cm³/mol. The van der Waals surface area contributed by atoms with Gasteiger partial charge in [0.25, 0.3) is 5.91 Å². The first-order valence-corrected chi connectivity index (χ1v) is 7.32. The van der Waals surface area contributed by atoms with Crippen molar-refractivity contribution >= 4 is 17.6 Å². The average Bonchev–Trinajstić information content (AvgIpc) is 2.55. The number of hydrazine groups is 1. The molecule has 0 spiro atoms. The van der Waals surface area contributed by atoms with E-state index in [1.807, 2.05) is 28.5 Å². The summed E-state index contributed by atoms with van der Waals surface area (Å²) in [6, 6.07) is 10.2. The maximum Gasteiger partial charge on any atom is 0.320 e. The van der Waals surface area contributed by atoms with Crippen LogP contribution in [0.25, 0.3) is 0 Å². The first-order valence-electron chi connectivity index (χ1n) is 7.32. The molecule has 1 aromatic carbocycles.